The number of fused-ring (bicyclic) bond motifs is 1. The first kappa shape index (κ1) is 13.7. The van der Waals surface area contributed by atoms with E-state index in [2.05, 4.69) is 17.1 Å². The molecule has 2 aromatic rings. The van der Waals surface area contributed by atoms with Crippen molar-refractivity contribution in [2.75, 3.05) is 20.8 Å². The van der Waals surface area contributed by atoms with Crippen molar-refractivity contribution in [1.29, 1.82) is 0 Å². The van der Waals surface area contributed by atoms with E-state index in [4.69, 9.17) is 14.2 Å². The third-order valence-electron chi connectivity index (χ3n) is 3.79. The third kappa shape index (κ3) is 3.10. The first-order chi connectivity index (χ1) is 10.3. The molecule has 0 bridgehead atoms. The Bertz CT molecular complexity index is 610. The molecule has 0 radical (unpaired) electrons. The van der Waals surface area contributed by atoms with E-state index in [9.17, 15) is 0 Å². The molecule has 0 aliphatic carbocycles. The summed E-state index contributed by atoms with van der Waals surface area (Å²) in [6.07, 6.45) is 3.86. The number of ether oxygens (including phenoxy) is 3. The second-order valence-electron chi connectivity index (χ2n) is 5.27. The summed E-state index contributed by atoms with van der Waals surface area (Å²) in [4.78, 5) is 4.25. The molecule has 3 rings (SSSR count). The Labute approximate surface area is 124 Å². The predicted molar refractivity (Wildman–Crippen MR) is 80.2 cm³/mol. The number of benzene rings is 1. The maximum atomic E-state index is 5.87. The predicted octanol–water partition coefficient (Wildman–Crippen LogP) is 2.89. The average Bonchev–Trinajstić information content (AvgIpc) is 2.55. The zero-order valence-electron chi connectivity index (χ0n) is 12.3. The molecule has 0 spiro atoms. The number of nitrogens with zero attached hydrogens (tertiary/aromatic N) is 1. The molecule has 1 aliphatic rings. The van der Waals surface area contributed by atoms with E-state index < -0.39 is 0 Å². The van der Waals surface area contributed by atoms with Crippen LogP contribution in [-0.4, -0.2) is 25.8 Å². The molecule has 1 aliphatic heterocycles. The van der Waals surface area contributed by atoms with Crippen LogP contribution in [0.2, 0.25) is 0 Å². The molecule has 21 heavy (non-hydrogen) atoms. The van der Waals surface area contributed by atoms with Crippen molar-refractivity contribution in [3.63, 3.8) is 0 Å². The summed E-state index contributed by atoms with van der Waals surface area (Å²) in [5.74, 6) is 2.90. The molecule has 0 fully saturated rings. The Morgan fingerprint density at radius 1 is 1.19 bits per heavy atom. The lowest BCUT2D eigenvalue weighted by Crippen LogP contribution is -2.22. The van der Waals surface area contributed by atoms with Crippen molar-refractivity contribution >= 4 is 0 Å². The van der Waals surface area contributed by atoms with Crippen LogP contribution in [0.5, 0.6) is 17.4 Å². The van der Waals surface area contributed by atoms with Crippen molar-refractivity contribution in [3.05, 3.63) is 47.7 Å². The lowest BCUT2D eigenvalue weighted by Gasteiger charge is -2.25. The normalized spacial score (nSPS) is 16.8. The van der Waals surface area contributed by atoms with E-state index in [-0.39, 0.29) is 0 Å². The van der Waals surface area contributed by atoms with Crippen LogP contribution in [0, 0.1) is 5.92 Å². The summed E-state index contributed by atoms with van der Waals surface area (Å²) in [6, 6.07) is 10.00. The van der Waals surface area contributed by atoms with Crippen LogP contribution in [0.15, 0.2) is 36.5 Å². The second kappa shape index (κ2) is 6.04. The number of methoxy groups -OCH3 is 2. The van der Waals surface area contributed by atoms with Gasteiger partial charge in [-0.05, 0) is 30.0 Å². The van der Waals surface area contributed by atoms with Crippen molar-refractivity contribution in [3.8, 4) is 17.4 Å². The Morgan fingerprint density at radius 2 is 2.10 bits per heavy atom. The van der Waals surface area contributed by atoms with Crippen LogP contribution in [0.4, 0.5) is 0 Å². The van der Waals surface area contributed by atoms with Crippen LogP contribution in [-0.2, 0) is 12.8 Å². The summed E-state index contributed by atoms with van der Waals surface area (Å²) in [5.41, 5.74) is 2.45. The second-order valence-corrected chi connectivity index (χ2v) is 5.27. The van der Waals surface area contributed by atoms with Gasteiger partial charge in [0, 0.05) is 24.2 Å². The van der Waals surface area contributed by atoms with Gasteiger partial charge in [0.05, 0.1) is 20.8 Å². The summed E-state index contributed by atoms with van der Waals surface area (Å²) < 4.78 is 16.2. The highest BCUT2D eigenvalue weighted by molar-refractivity contribution is 5.42. The van der Waals surface area contributed by atoms with Gasteiger partial charge in [0.1, 0.15) is 11.5 Å². The molecule has 0 N–H and O–H groups in total. The Balaban J connectivity index is 1.68. The number of aromatic nitrogens is 1. The van der Waals surface area contributed by atoms with E-state index in [0.29, 0.717) is 11.8 Å². The van der Waals surface area contributed by atoms with Gasteiger partial charge >= 0.3 is 0 Å². The fourth-order valence-corrected chi connectivity index (χ4v) is 2.66. The van der Waals surface area contributed by atoms with Crippen molar-refractivity contribution in [2.45, 2.75) is 12.8 Å². The molecular formula is C17H19NO3. The van der Waals surface area contributed by atoms with E-state index in [1.54, 1.807) is 14.2 Å². The fourth-order valence-electron chi connectivity index (χ4n) is 2.66. The summed E-state index contributed by atoms with van der Waals surface area (Å²) in [6.45, 7) is 0.728. The molecule has 1 atom stereocenters. The highest BCUT2D eigenvalue weighted by Gasteiger charge is 2.20. The van der Waals surface area contributed by atoms with Crippen molar-refractivity contribution < 1.29 is 14.2 Å². The van der Waals surface area contributed by atoms with Crippen LogP contribution >= 0.6 is 0 Å². The van der Waals surface area contributed by atoms with Gasteiger partial charge in [0.25, 0.3) is 0 Å². The van der Waals surface area contributed by atoms with Crippen LogP contribution in [0.25, 0.3) is 0 Å². The van der Waals surface area contributed by atoms with Gasteiger partial charge in [-0.15, -0.1) is 0 Å². The lowest BCUT2D eigenvalue weighted by molar-refractivity contribution is 0.220. The smallest absolute Gasteiger partial charge is 0.212 e. The maximum absolute atomic E-state index is 5.87. The van der Waals surface area contributed by atoms with Gasteiger partial charge in [-0.25, -0.2) is 4.98 Å². The standard InChI is InChI=1S/C17H19NO3/c1-19-15-5-4-14-8-13(11-21-16(14)9-15)7-12-3-6-17(20-2)18-10-12/h3-6,9-10,13H,7-8,11H2,1-2H3. The molecule has 110 valence electrons. The van der Waals surface area contributed by atoms with Gasteiger partial charge in [0.15, 0.2) is 0 Å². The molecule has 4 heteroatoms. The highest BCUT2D eigenvalue weighted by atomic mass is 16.5. The van der Waals surface area contributed by atoms with Gasteiger partial charge in [-0.2, -0.15) is 0 Å². The van der Waals surface area contributed by atoms with Gasteiger partial charge in [-0.1, -0.05) is 12.1 Å². The SMILES string of the molecule is COc1ccc2c(c1)OCC(Cc1ccc(OC)nc1)C2. The van der Waals surface area contributed by atoms with E-state index >= 15 is 0 Å². The average molecular weight is 285 g/mol. The van der Waals surface area contributed by atoms with E-state index in [1.165, 1.54) is 11.1 Å². The number of hydrogen-bond donors (Lipinski definition) is 0. The van der Waals surface area contributed by atoms with Crippen LogP contribution < -0.4 is 14.2 Å². The number of rotatable bonds is 4. The summed E-state index contributed by atoms with van der Waals surface area (Å²) in [7, 11) is 3.30. The molecule has 1 unspecified atom stereocenters. The maximum Gasteiger partial charge on any atom is 0.212 e. The largest absolute Gasteiger partial charge is 0.497 e. The topological polar surface area (TPSA) is 40.6 Å². The van der Waals surface area contributed by atoms with Gasteiger partial charge < -0.3 is 14.2 Å². The fraction of sp³-hybridized carbons (Fsp3) is 0.353. The number of pyridine rings is 1. The monoisotopic (exact) mass is 285 g/mol. The Kier molecular flexibility index (Phi) is 3.95. The third-order valence-corrected chi connectivity index (χ3v) is 3.79. The Morgan fingerprint density at radius 3 is 2.81 bits per heavy atom. The number of hydrogen-bond acceptors (Lipinski definition) is 4. The summed E-state index contributed by atoms with van der Waals surface area (Å²) in [5, 5.41) is 0. The minimum Gasteiger partial charge on any atom is -0.497 e. The first-order valence-electron chi connectivity index (χ1n) is 7.07. The zero-order chi connectivity index (χ0) is 14.7. The molecule has 0 saturated heterocycles. The molecule has 1 aromatic heterocycles. The molecule has 1 aromatic carbocycles. The zero-order valence-corrected chi connectivity index (χ0v) is 12.3. The minimum atomic E-state index is 0.473. The van der Waals surface area contributed by atoms with Crippen molar-refractivity contribution in [1.82, 2.24) is 4.98 Å². The molecule has 0 saturated carbocycles. The molecule has 0 amide bonds. The highest BCUT2D eigenvalue weighted by Crippen LogP contribution is 2.32. The Hall–Kier alpha value is -2.23. The van der Waals surface area contributed by atoms with E-state index in [0.717, 1.165) is 30.9 Å². The van der Waals surface area contributed by atoms with Crippen LogP contribution in [0.3, 0.4) is 0 Å². The van der Waals surface area contributed by atoms with Gasteiger partial charge in [-0.3, -0.25) is 0 Å². The summed E-state index contributed by atoms with van der Waals surface area (Å²) >= 11 is 0. The molecule has 2 heterocycles. The quantitative estimate of drug-likeness (QED) is 0.866. The molecule has 4 nitrogen and oxygen atoms in total. The van der Waals surface area contributed by atoms with E-state index in [1.807, 2.05) is 24.4 Å². The first-order valence-corrected chi connectivity index (χ1v) is 7.07. The van der Waals surface area contributed by atoms with Gasteiger partial charge in [0.2, 0.25) is 5.88 Å². The lowest BCUT2D eigenvalue weighted by atomic mass is 9.91. The minimum absolute atomic E-state index is 0.473. The van der Waals surface area contributed by atoms with Crippen LogP contribution in [0.1, 0.15) is 11.1 Å². The van der Waals surface area contributed by atoms with Crippen molar-refractivity contribution in [2.24, 2.45) is 5.92 Å². The molecular weight excluding hydrogens is 266 g/mol.